The van der Waals surface area contributed by atoms with Gasteiger partial charge in [-0.1, -0.05) is 0 Å². The van der Waals surface area contributed by atoms with Crippen LogP contribution in [-0.2, 0) is 0 Å². The largest absolute Gasteiger partial charge is 0.506 e. The zero-order chi connectivity index (χ0) is 11.9. The predicted octanol–water partition coefficient (Wildman–Crippen LogP) is 2.58. The molecule has 0 saturated carbocycles. The highest BCUT2D eigenvalue weighted by atomic mass is 79.9. The van der Waals surface area contributed by atoms with Crippen LogP contribution in [0.25, 0.3) is 10.8 Å². The van der Waals surface area contributed by atoms with Gasteiger partial charge in [0.1, 0.15) is 27.1 Å². The lowest BCUT2D eigenvalue weighted by Crippen LogP contribution is -2.01. The summed E-state index contributed by atoms with van der Waals surface area (Å²) in [5.74, 6) is 0.791. The molecule has 1 aromatic heterocycles. The second-order valence-corrected chi connectivity index (χ2v) is 4.14. The smallest absolute Gasteiger partial charge is 0.347 e. The maximum Gasteiger partial charge on any atom is 0.347 e. The molecule has 2 rings (SSSR count). The number of hydrogen-bond acceptors (Lipinski definition) is 4. The molecule has 0 amide bonds. The van der Waals surface area contributed by atoms with Crippen molar-refractivity contribution in [3.63, 3.8) is 0 Å². The molecule has 1 N–H and O–H groups in total. The second-order valence-electron chi connectivity index (χ2n) is 3.35. The number of methoxy groups -OCH3 is 1. The lowest BCUT2D eigenvalue weighted by molar-refractivity contribution is 0.404. The quantitative estimate of drug-likeness (QED) is 0.874. The predicted molar refractivity (Wildman–Crippen MR) is 63.1 cm³/mol. The molecule has 0 unspecified atom stereocenters. The average Bonchev–Trinajstić information content (AvgIpc) is 2.22. The lowest BCUT2D eigenvalue weighted by atomic mass is 10.1. The third kappa shape index (κ3) is 1.57. The van der Waals surface area contributed by atoms with E-state index >= 15 is 0 Å². The van der Waals surface area contributed by atoms with E-state index in [0.29, 0.717) is 21.4 Å². The van der Waals surface area contributed by atoms with Gasteiger partial charge in [0.05, 0.1) is 7.11 Å². The standard InChI is InChI=1S/C11H9BrO4/c1-5-3-6-4-7(15-2)9(12)10(13)8(6)11(14)16-5/h3-4,13H,1-2H3. The summed E-state index contributed by atoms with van der Waals surface area (Å²) in [5, 5.41) is 10.6. The molecule has 0 saturated heterocycles. The molecule has 0 bridgehead atoms. The molecular weight excluding hydrogens is 276 g/mol. The van der Waals surface area contributed by atoms with Crippen LogP contribution in [0.5, 0.6) is 11.5 Å². The number of ether oxygens (including phenoxy) is 1. The highest BCUT2D eigenvalue weighted by Gasteiger charge is 2.15. The van der Waals surface area contributed by atoms with Crippen molar-refractivity contribution >= 4 is 26.7 Å². The van der Waals surface area contributed by atoms with Crippen molar-refractivity contribution in [3.05, 3.63) is 32.8 Å². The summed E-state index contributed by atoms with van der Waals surface area (Å²) in [6.07, 6.45) is 0. The van der Waals surface area contributed by atoms with Crippen LogP contribution in [0.4, 0.5) is 0 Å². The van der Waals surface area contributed by atoms with Crippen LogP contribution in [0.2, 0.25) is 0 Å². The van der Waals surface area contributed by atoms with Crippen molar-refractivity contribution in [2.24, 2.45) is 0 Å². The van der Waals surface area contributed by atoms with Crippen LogP contribution < -0.4 is 10.4 Å². The number of rotatable bonds is 1. The topological polar surface area (TPSA) is 59.7 Å². The molecule has 1 heterocycles. The molecule has 84 valence electrons. The van der Waals surface area contributed by atoms with Crippen molar-refractivity contribution in [1.29, 1.82) is 0 Å². The lowest BCUT2D eigenvalue weighted by Gasteiger charge is -2.08. The molecular formula is C11H9BrO4. The van der Waals surface area contributed by atoms with Gasteiger partial charge in [0.2, 0.25) is 0 Å². The van der Waals surface area contributed by atoms with Crippen molar-refractivity contribution in [3.8, 4) is 11.5 Å². The van der Waals surface area contributed by atoms with Crippen molar-refractivity contribution in [2.75, 3.05) is 7.11 Å². The first kappa shape index (κ1) is 11.0. The molecule has 0 fully saturated rings. The molecule has 0 aliphatic carbocycles. The van der Waals surface area contributed by atoms with Crippen molar-refractivity contribution < 1.29 is 14.3 Å². The van der Waals surface area contributed by atoms with E-state index in [9.17, 15) is 9.90 Å². The fourth-order valence-electron chi connectivity index (χ4n) is 1.56. The highest BCUT2D eigenvalue weighted by molar-refractivity contribution is 9.10. The van der Waals surface area contributed by atoms with Gasteiger partial charge in [-0.3, -0.25) is 0 Å². The Hall–Kier alpha value is -1.49. The summed E-state index contributed by atoms with van der Waals surface area (Å²) < 4.78 is 10.3. The average molecular weight is 285 g/mol. The minimum Gasteiger partial charge on any atom is -0.506 e. The highest BCUT2D eigenvalue weighted by Crippen LogP contribution is 2.38. The Balaban J connectivity index is 2.98. The summed E-state index contributed by atoms with van der Waals surface area (Å²) in [6, 6.07) is 3.34. The van der Waals surface area contributed by atoms with Gasteiger partial charge in [0, 0.05) is 0 Å². The zero-order valence-corrected chi connectivity index (χ0v) is 10.3. The molecule has 2 aromatic rings. The summed E-state index contributed by atoms with van der Waals surface area (Å²) >= 11 is 3.16. The van der Waals surface area contributed by atoms with E-state index in [1.807, 2.05) is 0 Å². The minimum atomic E-state index is -0.559. The van der Waals surface area contributed by atoms with Crippen LogP contribution in [0, 0.1) is 6.92 Å². The summed E-state index contributed by atoms with van der Waals surface area (Å²) in [4.78, 5) is 11.6. The number of fused-ring (bicyclic) bond motifs is 1. The first-order valence-electron chi connectivity index (χ1n) is 4.54. The van der Waals surface area contributed by atoms with Gasteiger partial charge >= 0.3 is 5.63 Å². The third-order valence-electron chi connectivity index (χ3n) is 2.27. The van der Waals surface area contributed by atoms with E-state index in [1.165, 1.54) is 7.11 Å². The van der Waals surface area contributed by atoms with Gasteiger partial charge in [-0.25, -0.2) is 4.79 Å². The number of aromatic hydroxyl groups is 1. The fourth-order valence-corrected chi connectivity index (χ4v) is 2.04. The SMILES string of the molecule is COc1cc2cc(C)oc(=O)c2c(O)c1Br. The van der Waals surface area contributed by atoms with Gasteiger partial charge in [-0.05, 0) is 40.4 Å². The maximum atomic E-state index is 11.6. The van der Waals surface area contributed by atoms with Crippen molar-refractivity contribution in [2.45, 2.75) is 6.92 Å². The van der Waals surface area contributed by atoms with Crippen LogP contribution >= 0.6 is 15.9 Å². The number of phenols is 1. The van der Waals surface area contributed by atoms with E-state index in [-0.39, 0.29) is 11.1 Å². The number of aryl methyl sites for hydroxylation is 1. The Labute approximate surface area is 99.6 Å². The Morgan fingerprint density at radius 3 is 2.75 bits per heavy atom. The van der Waals surface area contributed by atoms with Gasteiger partial charge < -0.3 is 14.3 Å². The van der Waals surface area contributed by atoms with Gasteiger partial charge in [-0.15, -0.1) is 0 Å². The molecule has 4 nitrogen and oxygen atoms in total. The van der Waals surface area contributed by atoms with Gasteiger partial charge in [0.15, 0.2) is 0 Å². The third-order valence-corrected chi connectivity index (χ3v) is 3.04. The minimum absolute atomic E-state index is 0.151. The molecule has 0 spiro atoms. The molecule has 1 aromatic carbocycles. The van der Waals surface area contributed by atoms with E-state index in [0.717, 1.165) is 0 Å². The van der Waals surface area contributed by atoms with E-state index in [1.54, 1.807) is 19.1 Å². The number of benzene rings is 1. The molecule has 16 heavy (non-hydrogen) atoms. The summed E-state index contributed by atoms with van der Waals surface area (Å²) in [7, 11) is 1.49. The Kier molecular flexibility index (Phi) is 2.63. The van der Waals surface area contributed by atoms with Gasteiger partial charge in [-0.2, -0.15) is 0 Å². The summed E-state index contributed by atoms with van der Waals surface area (Å²) in [6.45, 7) is 1.67. The monoisotopic (exact) mass is 284 g/mol. The number of phenolic OH excluding ortho intramolecular Hbond substituents is 1. The summed E-state index contributed by atoms with van der Waals surface area (Å²) in [5.41, 5.74) is -0.559. The second kappa shape index (κ2) is 3.83. The molecule has 5 heteroatoms. The van der Waals surface area contributed by atoms with Crippen LogP contribution in [0.1, 0.15) is 5.76 Å². The number of hydrogen-bond donors (Lipinski definition) is 1. The van der Waals surface area contributed by atoms with Crippen LogP contribution in [-0.4, -0.2) is 12.2 Å². The fraction of sp³-hybridized carbons (Fsp3) is 0.182. The van der Waals surface area contributed by atoms with E-state index in [4.69, 9.17) is 9.15 Å². The Bertz CT molecular complexity index is 615. The number of halogens is 1. The molecule has 0 atom stereocenters. The Morgan fingerprint density at radius 1 is 1.44 bits per heavy atom. The van der Waals surface area contributed by atoms with Gasteiger partial charge in [0.25, 0.3) is 0 Å². The first-order valence-corrected chi connectivity index (χ1v) is 5.34. The van der Waals surface area contributed by atoms with Crippen molar-refractivity contribution in [1.82, 2.24) is 0 Å². The molecule has 0 radical (unpaired) electrons. The van der Waals surface area contributed by atoms with E-state index in [2.05, 4.69) is 15.9 Å². The van der Waals surface area contributed by atoms with E-state index < -0.39 is 5.63 Å². The maximum absolute atomic E-state index is 11.6. The molecule has 0 aliphatic heterocycles. The normalized spacial score (nSPS) is 10.7. The molecule has 0 aliphatic rings. The zero-order valence-electron chi connectivity index (χ0n) is 8.70. The van der Waals surface area contributed by atoms with Crippen LogP contribution in [0.15, 0.2) is 25.8 Å². The Morgan fingerprint density at radius 2 is 2.12 bits per heavy atom. The first-order chi connectivity index (χ1) is 7.54. The van der Waals surface area contributed by atoms with Crippen LogP contribution in [0.3, 0.4) is 0 Å².